The quantitative estimate of drug-likeness (QED) is 0.245. The maximum atomic E-state index is 13.8. The zero-order chi connectivity index (χ0) is 27.9. The highest BCUT2D eigenvalue weighted by Crippen LogP contribution is 2.35. The lowest BCUT2D eigenvalue weighted by atomic mass is 10.0. The summed E-state index contributed by atoms with van der Waals surface area (Å²) in [5.74, 6) is -1.63. The van der Waals surface area contributed by atoms with Crippen LogP contribution < -0.4 is 9.80 Å². The summed E-state index contributed by atoms with van der Waals surface area (Å²) in [4.78, 5) is 44.6. The number of hydrogen-bond acceptors (Lipinski definition) is 5. The van der Waals surface area contributed by atoms with Crippen LogP contribution in [0.3, 0.4) is 0 Å². The van der Waals surface area contributed by atoms with E-state index in [4.69, 9.17) is 4.74 Å². The molecule has 0 aliphatic carbocycles. The smallest absolute Gasteiger partial charge is 0.397 e. The van der Waals surface area contributed by atoms with E-state index in [-0.39, 0.29) is 18.6 Å². The molecule has 7 heteroatoms. The van der Waals surface area contributed by atoms with E-state index < -0.39 is 11.9 Å². The Balaban J connectivity index is 1.39. The Hall–Kier alpha value is -4.23. The molecular formula is C33H35N3O4. The van der Waals surface area contributed by atoms with E-state index in [9.17, 15) is 14.4 Å². The molecule has 0 saturated carbocycles. The maximum Gasteiger partial charge on any atom is 0.397 e. The van der Waals surface area contributed by atoms with Gasteiger partial charge in [0.15, 0.2) is 0 Å². The number of esters is 1. The normalized spacial score (nSPS) is 15.7. The minimum atomic E-state index is -0.856. The van der Waals surface area contributed by atoms with E-state index in [1.165, 1.54) is 10.5 Å². The third kappa shape index (κ3) is 6.32. The number of ether oxygens (including phenoxy) is 1. The fourth-order valence-corrected chi connectivity index (χ4v) is 5.54. The molecule has 3 aromatic carbocycles. The average molecular weight is 538 g/mol. The van der Waals surface area contributed by atoms with Crippen LogP contribution in [0, 0.1) is 0 Å². The third-order valence-electron chi connectivity index (χ3n) is 7.56. The molecule has 2 heterocycles. The highest BCUT2D eigenvalue weighted by atomic mass is 16.5. The standard InChI is InChI=1S/C33H35N3O4/c1-2-40-33(39)32(38)35-22-17-27-14-15-29(23-30(27)35)36(31(37)16-13-25-9-5-3-6-10-25)28-18-20-34(21-19-28)24-26-11-7-4-8-12-26/h3-16,23,28H,2,17-22,24H2,1H3/b16-13+. The molecule has 0 spiro atoms. The van der Waals surface area contributed by atoms with Crippen LogP contribution in [-0.2, 0) is 32.1 Å². The fourth-order valence-electron chi connectivity index (χ4n) is 5.54. The number of piperidine rings is 1. The fraction of sp³-hybridized carbons (Fsp3) is 0.303. The van der Waals surface area contributed by atoms with Gasteiger partial charge >= 0.3 is 11.9 Å². The molecule has 1 saturated heterocycles. The summed E-state index contributed by atoms with van der Waals surface area (Å²) < 4.78 is 4.96. The van der Waals surface area contributed by atoms with Crippen LogP contribution in [0.1, 0.15) is 36.5 Å². The summed E-state index contributed by atoms with van der Waals surface area (Å²) in [5, 5.41) is 0. The van der Waals surface area contributed by atoms with Gasteiger partial charge in [0.25, 0.3) is 5.91 Å². The Morgan fingerprint density at radius 2 is 1.62 bits per heavy atom. The number of amides is 2. The Morgan fingerprint density at radius 3 is 2.33 bits per heavy atom. The second-order valence-electron chi connectivity index (χ2n) is 10.2. The Morgan fingerprint density at radius 1 is 0.925 bits per heavy atom. The topological polar surface area (TPSA) is 70.2 Å². The van der Waals surface area contributed by atoms with E-state index in [0.717, 1.165) is 49.3 Å². The monoisotopic (exact) mass is 537 g/mol. The number of anilines is 2. The number of carbonyl (C=O) groups is 3. The second kappa shape index (κ2) is 12.7. The number of carbonyl (C=O) groups excluding carboxylic acids is 3. The molecule has 7 nitrogen and oxygen atoms in total. The van der Waals surface area contributed by atoms with Crippen molar-refractivity contribution in [1.82, 2.24) is 4.90 Å². The molecule has 1 fully saturated rings. The molecule has 2 aliphatic rings. The SMILES string of the molecule is CCOC(=O)C(=O)N1CCc2ccc(N(C(=O)/C=C/c3ccccc3)C3CCN(Cc4ccccc4)CC3)cc21. The maximum absolute atomic E-state index is 13.8. The predicted octanol–water partition coefficient (Wildman–Crippen LogP) is 4.85. The van der Waals surface area contributed by atoms with Crippen LogP contribution in [0.4, 0.5) is 11.4 Å². The van der Waals surface area contributed by atoms with Crippen molar-refractivity contribution in [2.45, 2.75) is 38.8 Å². The zero-order valence-electron chi connectivity index (χ0n) is 22.9. The van der Waals surface area contributed by atoms with Crippen LogP contribution in [-0.4, -0.2) is 55.0 Å². The van der Waals surface area contributed by atoms with Crippen molar-refractivity contribution in [3.05, 3.63) is 102 Å². The van der Waals surface area contributed by atoms with Gasteiger partial charge in [0, 0.05) is 49.7 Å². The summed E-state index contributed by atoms with van der Waals surface area (Å²) >= 11 is 0. The number of benzene rings is 3. The van der Waals surface area contributed by atoms with E-state index >= 15 is 0 Å². The molecule has 0 bridgehead atoms. The first-order valence-electron chi connectivity index (χ1n) is 14.0. The van der Waals surface area contributed by atoms with Crippen molar-refractivity contribution in [2.24, 2.45) is 0 Å². The summed E-state index contributed by atoms with van der Waals surface area (Å²) in [6.07, 6.45) is 5.78. The molecule has 40 heavy (non-hydrogen) atoms. The minimum Gasteiger partial charge on any atom is -0.459 e. The van der Waals surface area contributed by atoms with E-state index in [2.05, 4.69) is 29.2 Å². The minimum absolute atomic E-state index is 0.00797. The first kappa shape index (κ1) is 27.3. The molecule has 5 rings (SSSR count). The molecule has 2 amide bonds. The van der Waals surface area contributed by atoms with Gasteiger partial charge in [-0.25, -0.2) is 4.79 Å². The number of likely N-dealkylation sites (tertiary alicyclic amines) is 1. The van der Waals surface area contributed by atoms with Crippen LogP contribution in [0.2, 0.25) is 0 Å². The number of nitrogens with zero attached hydrogens (tertiary/aromatic N) is 3. The number of hydrogen-bond donors (Lipinski definition) is 0. The van der Waals surface area contributed by atoms with Gasteiger partial charge in [0.05, 0.1) is 6.61 Å². The predicted molar refractivity (Wildman–Crippen MR) is 157 cm³/mol. The Kier molecular flexibility index (Phi) is 8.71. The summed E-state index contributed by atoms with van der Waals surface area (Å²) in [7, 11) is 0. The highest BCUT2D eigenvalue weighted by Gasteiger charge is 2.33. The second-order valence-corrected chi connectivity index (χ2v) is 10.2. The van der Waals surface area contributed by atoms with E-state index in [1.807, 2.05) is 65.6 Å². The van der Waals surface area contributed by atoms with Gasteiger partial charge in [0.1, 0.15) is 0 Å². The van der Waals surface area contributed by atoms with Gasteiger partial charge in [0.2, 0.25) is 0 Å². The van der Waals surface area contributed by atoms with Gasteiger partial charge in [-0.1, -0.05) is 66.7 Å². The molecule has 3 aromatic rings. The lowest BCUT2D eigenvalue weighted by molar-refractivity contribution is -0.153. The highest BCUT2D eigenvalue weighted by molar-refractivity contribution is 6.38. The van der Waals surface area contributed by atoms with E-state index in [0.29, 0.717) is 18.7 Å². The lowest BCUT2D eigenvalue weighted by Crippen LogP contribution is -2.47. The number of fused-ring (bicyclic) bond motifs is 1. The summed E-state index contributed by atoms with van der Waals surface area (Å²) in [6.45, 7) is 4.88. The van der Waals surface area contributed by atoms with Crippen LogP contribution in [0.5, 0.6) is 0 Å². The Bertz CT molecular complexity index is 1360. The first-order chi connectivity index (χ1) is 19.5. The van der Waals surface area contributed by atoms with Crippen LogP contribution >= 0.6 is 0 Å². The molecule has 0 radical (unpaired) electrons. The average Bonchev–Trinajstić information content (AvgIpc) is 3.41. The van der Waals surface area contributed by atoms with E-state index in [1.54, 1.807) is 13.0 Å². The number of rotatable bonds is 7. The Labute approximate surface area is 235 Å². The van der Waals surface area contributed by atoms with Crippen molar-refractivity contribution in [1.29, 1.82) is 0 Å². The lowest BCUT2D eigenvalue weighted by Gasteiger charge is -2.38. The summed E-state index contributed by atoms with van der Waals surface area (Å²) in [6, 6.07) is 26.0. The molecule has 206 valence electrons. The zero-order valence-corrected chi connectivity index (χ0v) is 22.9. The van der Waals surface area contributed by atoms with Gasteiger partial charge < -0.3 is 14.5 Å². The molecular weight excluding hydrogens is 502 g/mol. The van der Waals surface area contributed by atoms with Crippen molar-refractivity contribution < 1.29 is 19.1 Å². The molecule has 2 aliphatic heterocycles. The van der Waals surface area contributed by atoms with Crippen molar-refractivity contribution in [2.75, 3.05) is 36.0 Å². The first-order valence-corrected chi connectivity index (χ1v) is 14.0. The van der Waals surface area contributed by atoms with Crippen molar-refractivity contribution >= 4 is 35.2 Å². The van der Waals surface area contributed by atoms with Crippen molar-refractivity contribution in [3.8, 4) is 0 Å². The van der Waals surface area contributed by atoms with Gasteiger partial charge in [-0.2, -0.15) is 0 Å². The largest absolute Gasteiger partial charge is 0.459 e. The van der Waals surface area contributed by atoms with Gasteiger partial charge in [-0.05, 0) is 61.1 Å². The molecule has 0 atom stereocenters. The summed E-state index contributed by atoms with van der Waals surface area (Å²) in [5.41, 5.74) is 4.61. The van der Waals surface area contributed by atoms with Crippen LogP contribution in [0.15, 0.2) is 84.9 Å². The van der Waals surface area contributed by atoms with Crippen LogP contribution in [0.25, 0.3) is 6.08 Å². The third-order valence-corrected chi connectivity index (χ3v) is 7.56. The van der Waals surface area contributed by atoms with Gasteiger partial charge in [-0.3, -0.25) is 14.5 Å². The molecule has 0 N–H and O–H groups in total. The molecule has 0 unspecified atom stereocenters. The van der Waals surface area contributed by atoms with Gasteiger partial charge in [-0.15, -0.1) is 0 Å². The van der Waals surface area contributed by atoms with Crippen molar-refractivity contribution in [3.63, 3.8) is 0 Å². The molecule has 0 aromatic heterocycles.